The average Bonchev–Trinajstić information content (AvgIpc) is 1.96. The third kappa shape index (κ3) is 7.89. The molecule has 0 amide bonds. The summed E-state index contributed by atoms with van der Waals surface area (Å²) in [7, 11) is 0. The topological polar surface area (TPSA) is 37.3 Å². The zero-order valence-corrected chi connectivity index (χ0v) is 5.59. The van der Waals surface area contributed by atoms with Crippen molar-refractivity contribution in [2.24, 2.45) is 0 Å². The molecule has 11 heavy (non-hydrogen) atoms. The summed E-state index contributed by atoms with van der Waals surface area (Å²) in [6, 6.07) is 0. The van der Waals surface area contributed by atoms with E-state index in [2.05, 4.69) is 29.6 Å². The Labute approximate surface area is 64.9 Å². The molecular weight excluding hydrogens is 140 g/mol. The standard InChI is InChI=1S/C9H4O2/c1-2-3-4-5-6-7-8-9(10)11/h1,7-8H,(H,10,11)/b8-7+. The number of carboxylic acid groups (broad SMARTS) is 1. The van der Waals surface area contributed by atoms with Crippen LogP contribution in [0.25, 0.3) is 0 Å². The molecule has 0 radical (unpaired) electrons. The Balaban J connectivity index is 3.94. The Morgan fingerprint density at radius 1 is 1.36 bits per heavy atom. The van der Waals surface area contributed by atoms with Crippen LogP contribution in [-0.2, 0) is 4.79 Å². The van der Waals surface area contributed by atoms with Gasteiger partial charge in [0, 0.05) is 6.08 Å². The first-order valence-corrected chi connectivity index (χ1v) is 2.63. The molecule has 0 unspecified atom stereocenters. The number of terminal acetylenes is 1. The van der Waals surface area contributed by atoms with E-state index in [0.29, 0.717) is 0 Å². The smallest absolute Gasteiger partial charge is 0.328 e. The number of carboxylic acids is 1. The normalized spacial score (nSPS) is 6.82. The van der Waals surface area contributed by atoms with Gasteiger partial charge < -0.3 is 5.11 Å². The van der Waals surface area contributed by atoms with Gasteiger partial charge in [-0.3, -0.25) is 0 Å². The summed E-state index contributed by atoms with van der Waals surface area (Å²) < 4.78 is 0. The van der Waals surface area contributed by atoms with Crippen molar-refractivity contribution in [1.82, 2.24) is 0 Å². The Kier molecular flexibility index (Phi) is 4.86. The molecule has 0 atom stereocenters. The largest absolute Gasteiger partial charge is 0.478 e. The first-order valence-electron chi connectivity index (χ1n) is 2.63. The Hall–Kier alpha value is -2.11. The number of hydrogen-bond donors (Lipinski definition) is 1. The SMILES string of the molecule is C#CC#CC#C/C=C/C(=O)O. The number of allylic oxidation sites excluding steroid dienone is 1. The highest BCUT2D eigenvalue weighted by Gasteiger charge is 1.78. The molecule has 0 rings (SSSR count). The van der Waals surface area contributed by atoms with Crippen molar-refractivity contribution in [2.75, 3.05) is 0 Å². The quantitative estimate of drug-likeness (QED) is 0.423. The minimum absolute atomic E-state index is 0.921. The minimum atomic E-state index is -1.04. The average molecular weight is 144 g/mol. The molecule has 0 bridgehead atoms. The van der Waals surface area contributed by atoms with Crippen molar-refractivity contribution in [3.05, 3.63) is 12.2 Å². The lowest BCUT2D eigenvalue weighted by atomic mass is 10.5. The maximum atomic E-state index is 9.87. The summed E-state index contributed by atoms with van der Waals surface area (Å²) in [4.78, 5) is 9.87. The van der Waals surface area contributed by atoms with Gasteiger partial charge in [-0.2, -0.15) is 0 Å². The van der Waals surface area contributed by atoms with Gasteiger partial charge in [0.05, 0.1) is 0 Å². The Morgan fingerprint density at radius 3 is 2.64 bits per heavy atom. The molecule has 0 heterocycles. The first-order chi connectivity index (χ1) is 5.27. The van der Waals surface area contributed by atoms with Crippen molar-refractivity contribution in [2.45, 2.75) is 0 Å². The van der Waals surface area contributed by atoms with E-state index >= 15 is 0 Å². The Bertz CT molecular complexity index is 321. The third-order valence-corrected chi connectivity index (χ3v) is 0.579. The number of aliphatic carboxylic acids is 1. The molecule has 2 heteroatoms. The molecule has 0 aromatic heterocycles. The van der Waals surface area contributed by atoms with Crippen LogP contribution in [0.4, 0.5) is 0 Å². The number of rotatable bonds is 1. The van der Waals surface area contributed by atoms with Crippen molar-refractivity contribution in [1.29, 1.82) is 0 Å². The van der Waals surface area contributed by atoms with Crippen molar-refractivity contribution < 1.29 is 9.90 Å². The van der Waals surface area contributed by atoms with Gasteiger partial charge in [0.2, 0.25) is 0 Å². The fourth-order valence-electron chi connectivity index (χ4n) is 0.258. The van der Waals surface area contributed by atoms with Gasteiger partial charge in [-0.05, 0) is 29.8 Å². The maximum absolute atomic E-state index is 9.87. The van der Waals surface area contributed by atoms with Crippen LogP contribution in [0.3, 0.4) is 0 Å². The van der Waals surface area contributed by atoms with Gasteiger partial charge in [0.15, 0.2) is 0 Å². The second kappa shape index (κ2) is 6.02. The highest BCUT2D eigenvalue weighted by molar-refractivity contribution is 5.80. The molecule has 0 aliphatic carbocycles. The van der Waals surface area contributed by atoms with E-state index in [9.17, 15) is 4.79 Å². The molecule has 0 spiro atoms. The summed E-state index contributed by atoms with van der Waals surface area (Å²) >= 11 is 0. The second-order valence-electron chi connectivity index (χ2n) is 1.34. The molecule has 0 aromatic carbocycles. The number of hydrogen-bond acceptors (Lipinski definition) is 1. The van der Waals surface area contributed by atoms with E-state index < -0.39 is 5.97 Å². The monoisotopic (exact) mass is 144 g/mol. The van der Waals surface area contributed by atoms with Crippen LogP contribution in [0, 0.1) is 36.0 Å². The molecule has 0 aliphatic rings. The van der Waals surface area contributed by atoms with Crippen LogP contribution >= 0.6 is 0 Å². The van der Waals surface area contributed by atoms with E-state index in [1.165, 1.54) is 6.08 Å². The zero-order chi connectivity index (χ0) is 8.53. The Morgan fingerprint density at radius 2 is 2.09 bits per heavy atom. The third-order valence-electron chi connectivity index (χ3n) is 0.579. The molecular formula is C9H4O2. The van der Waals surface area contributed by atoms with Gasteiger partial charge in [-0.1, -0.05) is 5.92 Å². The summed E-state index contributed by atoms with van der Waals surface area (Å²) in [5, 5.41) is 8.09. The molecule has 2 nitrogen and oxygen atoms in total. The highest BCUT2D eigenvalue weighted by Crippen LogP contribution is 1.68. The van der Waals surface area contributed by atoms with Gasteiger partial charge in [-0.25, -0.2) is 4.79 Å². The lowest BCUT2D eigenvalue weighted by Gasteiger charge is -1.69. The van der Waals surface area contributed by atoms with Gasteiger partial charge >= 0.3 is 5.97 Å². The second-order valence-corrected chi connectivity index (χ2v) is 1.34. The van der Waals surface area contributed by atoms with Crippen LogP contribution in [0.15, 0.2) is 12.2 Å². The van der Waals surface area contributed by atoms with Crippen LogP contribution in [0.5, 0.6) is 0 Å². The number of carbonyl (C=O) groups is 1. The van der Waals surface area contributed by atoms with Crippen LogP contribution in [0.2, 0.25) is 0 Å². The van der Waals surface area contributed by atoms with Crippen molar-refractivity contribution >= 4 is 5.97 Å². The lowest BCUT2D eigenvalue weighted by Crippen LogP contribution is -1.84. The van der Waals surface area contributed by atoms with E-state index in [1.807, 2.05) is 0 Å². The van der Waals surface area contributed by atoms with Crippen LogP contribution in [-0.4, -0.2) is 11.1 Å². The summed E-state index contributed by atoms with van der Waals surface area (Å²) in [6.45, 7) is 0. The van der Waals surface area contributed by atoms with E-state index in [1.54, 1.807) is 0 Å². The van der Waals surface area contributed by atoms with E-state index in [0.717, 1.165) is 6.08 Å². The predicted octanol–water partition coefficient (Wildman–Crippen LogP) is 0.267. The lowest BCUT2D eigenvalue weighted by molar-refractivity contribution is -0.131. The summed E-state index contributed by atoms with van der Waals surface area (Å²) in [6.07, 6.45) is 6.90. The van der Waals surface area contributed by atoms with Crippen molar-refractivity contribution in [3.63, 3.8) is 0 Å². The van der Waals surface area contributed by atoms with Gasteiger partial charge in [0.25, 0.3) is 0 Å². The molecule has 0 fully saturated rings. The van der Waals surface area contributed by atoms with Crippen LogP contribution < -0.4 is 0 Å². The first kappa shape index (κ1) is 8.89. The zero-order valence-electron chi connectivity index (χ0n) is 5.59. The molecule has 1 N–H and O–H groups in total. The molecule has 0 aromatic rings. The predicted molar refractivity (Wildman–Crippen MR) is 41.2 cm³/mol. The van der Waals surface area contributed by atoms with Crippen molar-refractivity contribution in [3.8, 4) is 36.0 Å². The summed E-state index contributed by atoms with van der Waals surface area (Å²) in [5.41, 5.74) is 0. The van der Waals surface area contributed by atoms with E-state index in [4.69, 9.17) is 11.5 Å². The fraction of sp³-hybridized carbons (Fsp3) is 0. The fourth-order valence-corrected chi connectivity index (χ4v) is 0.258. The maximum Gasteiger partial charge on any atom is 0.328 e. The van der Waals surface area contributed by atoms with Gasteiger partial charge in [-0.15, -0.1) is 6.42 Å². The molecule has 0 aliphatic heterocycles. The molecule has 0 saturated carbocycles. The highest BCUT2D eigenvalue weighted by atomic mass is 16.4. The van der Waals surface area contributed by atoms with Crippen LogP contribution in [0.1, 0.15) is 0 Å². The van der Waals surface area contributed by atoms with E-state index in [-0.39, 0.29) is 0 Å². The summed E-state index contributed by atoms with van der Waals surface area (Å²) in [5.74, 6) is 10.3. The van der Waals surface area contributed by atoms with Gasteiger partial charge in [0.1, 0.15) is 0 Å². The molecule has 52 valence electrons. The minimum Gasteiger partial charge on any atom is -0.478 e. The molecule has 0 saturated heterocycles.